The molecule has 1 unspecified atom stereocenters. The Bertz CT molecular complexity index is 852. The largest absolute Gasteiger partial charge is 0.365 e. The van der Waals surface area contributed by atoms with Gasteiger partial charge in [-0.15, -0.1) is 0 Å². The van der Waals surface area contributed by atoms with Crippen LogP contribution in [0.2, 0.25) is 0 Å². The zero-order chi connectivity index (χ0) is 19.3. The quantitative estimate of drug-likeness (QED) is 0.810. The first kappa shape index (κ1) is 18.8. The highest BCUT2D eigenvalue weighted by molar-refractivity contribution is 5.77. The summed E-state index contributed by atoms with van der Waals surface area (Å²) in [5.74, 6) is 0.429. The fourth-order valence-corrected chi connectivity index (χ4v) is 3.81. The standard InChI is InChI=1S/C20H25N5O3/c26-19-13-28-17(10-22-19)12-24-7-3-15(4-8-24)11-25-14-23-18(9-20(25)27)16-1-5-21-6-2-16/h1-2,5-6,9,14-15,17H,3-4,7-8,10-13H2,(H,22,26). The molecule has 0 spiro atoms. The average molecular weight is 383 g/mol. The fourth-order valence-electron chi connectivity index (χ4n) is 3.81. The van der Waals surface area contributed by atoms with E-state index in [0.29, 0.717) is 24.7 Å². The van der Waals surface area contributed by atoms with Gasteiger partial charge in [0.25, 0.3) is 5.56 Å². The van der Waals surface area contributed by atoms with E-state index in [1.165, 1.54) is 0 Å². The molecule has 2 aliphatic heterocycles. The lowest BCUT2D eigenvalue weighted by molar-refractivity contribution is -0.134. The van der Waals surface area contributed by atoms with E-state index >= 15 is 0 Å². The molecule has 2 saturated heterocycles. The van der Waals surface area contributed by atoms with Gasteiger partial charge >= 0.3 is 0 Å². The van der Waals surface area contributed by atoms with Crippen molar-refractivity contribution in [3.8, 4) is 11.3 Å². The lowest BCUT2D eigenvalue weighted by Crippen LogP contribution is -2.49. The van der Waals surface area contributed by atoms with Crippen molar-refractivity contribution < 1.29 is 9.53 Å². The number of amides is 1. The molecule has 8 heteroatoms. The summed E-state index contributed by atoms with van der Waals surface area (Å²) in [6.45, 7) is 4.25. The molecular weight excluding hydrogens is 358 g/mol. The number of rotatable bonds is 5. The molecule has 2 aliphatic rings. The monoisotopic (exact) mass is 383 g/mol. The van der Waals surface area contributed by atoms with Crippen LogP contribution in [0.4, 0.5) is 0 Å². The molecular formula is C20H25N5O3. The molecule has 8 nitrogen and oxygen atoms in total. The maximum absolute atomic E-state index is 12.5. The van der Waals surface area contributed by atoms with Crippen molar-refractivity contribution >= 4 is 5.91 Å². The normalized spacial score (nSPS) is 21.4. The topological polar surface area (TPSA) is 89.3 Å². The zero-order valence-electron chi connectivity index (χ0n) is 15.8. The van der Waals surface area contributed by atoms with Crippen LogP contribution in [0.15, 0.2) is 41.7 Å². The van der Waals surface area contributed by atoms with Crippen LogP contribution in [0.25, 0.3) is 11.3 Å². The number of aromatic nitrogens is 3. The van der Waals surface area contributed by atoms with Crippen LogP contribution in [-0.4, -0.2) is 64.2 Å². The fraction of sp³-hybridized carbons (Fsp3) is 0.500. The Labute approximate surface area is 163 Å². The van der Waals surface area contributed by atoms with E-state index in [9.17, 15) is 9.59 Å². The van der Waals surface area contributed by atoms with Crippen LogP contribution in [0.1, 0.15) is 12.8 Å². The molecule has 2 aromatic rings. The Morgan fingerprint density at radius 3 is 2.61 bits per heavy atom. The number of morpholine rings is 1. The minimum Gasteiger partial charge on any atom is -0.365 e. The van der Waals surface area contributed by atoms with Crippen LogP contribution in [0, 0.1) is 5.92 Å². The molecule has 0 radical (unpaired) electrons. The first-order chi connectivity index (χ1) is 13.7. The number of likely N-dealkylation sites (tertiary alicyclic amines) is 1. The Morgan fingerprint density at radius 2 is 1.93 bits per heavy atom. The van der Waals surface area contributed by atoms with E-state index in [0.717, 1.165) is 38.0 Å². The third-order valence-corrected chi connectivity index (χ3v) is 5.46. The number of nitrogens with zero attached hydrogens (tertiary/aromatic N) is 4. The van der Waals surface area contributed by atoms with E-state index in [4.69, 9.17) is 4.74 Å². The minimum atomic E-state index is -0.0380. The highest BCUT2D eigenvalue weighted by atomic mass is 16.5. The average Bonchev–Trinajstić information content (AvgIpc) is 2.73. The van der Waals surface area contributed by atoms with Gasteiger partial charge in [0.15, 0.2) is 0 Å². The van der Waals surface area contributed by atoms with Crippen molar-refractivity contribution in [2.75, 3.05) is 32.8 Å². The Balaban J connectivity index is 1.29. The third kappa shape index (κ3) is 4.63. The second-order valence-electron chi connectivity index (χ2n) is 7.48. The molecule has 148 valence electrons. The molecule has 4 rings (SSSR count). The van der Waals surface area contributed by atoms with Crippen molar-refractivity contribution in [3.05, 3.63) is 47.3 Å². The van der Waals surface area contributed by atoms with Crippen molar-refractivity contribution in [2.24, 2.45) is 5.92 Å². The third-order valence-electron chi connectivity index (χ3n) is 5.46. The zero-order valence-corrected chi connectivity index (χ0v) is 15.8. The van der Waals surface area contributed by atoms with Gasteiger partial charge in [0.2, 0.25) is 5.91 Å². The Morgan fingerprint density at radius 1 is 1.14 bits per heavy atom. The van der Waals surface area contributed by atoms with Gasteiger partial charge in [-0.1, -0.05) is 0 Å². The molecule has 4 heterocycles. The Hall–Kier alpha value is -2.58. The van der Waals surface area contributed by atoms with Crippen LogP contribution in [0.5, 0.6) is 0 Å². The smallest absolute Gasteiger partial charge is 0.253 e. The van der Waals surface area contributed by atoms with Crippen LogP contribution in [-0.2, 0) is 16.1 Å². The van der Waals surface area contributed by atoms with E-state index in [-0.39, 0.29) is 24.2 Å². The lowest BCUT2D eigenvalue weighted by atomic mass is 9.96. The SMILES string of the molecule is O=C1COC(CN2CCC(Cn3cnc(-c4ccncc4)cc3=O)CC2)CN1. The minimum absolute atomic E-state index is 0.0180. The summed E-state index contributed by atoms with van der Waals surface area (Å²) < 4.78 is 7.28. The second kappa shape index (κ2) is 8.62. The van der Waals surface area contributed by atoms with Crippen LogP contribution in [0.3, 0.4) is 0 Å². The van der Waals surface area contributed by atoms with Crippen LogP contribution < -0.4 is 10.9 Å². The van der Waals surface area contributed by atoms with Gasteiger partial charge in [0, 0.05) is 43.7 Å². The van der Waals surface area contributed by atoms with E-state index in [1.54, 1.807) is 29.4 Å². The summed E-state index contributed by atoms with van der Waals surface area (Å²) in [6.07, 6.45) is 7.20. The van der Waals surface area contributed by atoms with Crippen molar-refractivity contribution in [2.45, 2.75) is 25.5 Å². The molecule has 0 aromatic carbocycles. The predicted molar refractivity (Wildman–Crippen MR) is 104 cm³/mol. The maximum Gasteiger partial charge on any atom is 0.253 e. The van der Waals surface area contributed by atoms with E-state index < -0.39 is 0 Å². The number of pyridine rings is 1. The molecule has 2 fully saturated rings. The Kier molecular flexibility index (Phi) is 5.78. The number of carbonyl (C=O) groups excluding carboxylic acids is 1. The summed E-state index contributed by atoms with van der Waals surface area (Å²) in [4.78, 5) is 34.5. The van der Waals surface area contributed by atoms with Crippen molar-refractivity contribution in [1.29, 1.82) is 0 Å². The molecule has 1 atom stereocenters. The number of nitrogens with one attached hydrogen (secondary N) is 1. The first-order valence-electron chi connectivity index (χ1n) is 9.75. The highest BCUT2D eigenvalue weighted by Crippen LogP contribution is 2.20. The van der Waals surface area contributed by atoms with Gasteiger partial charge in [0.1, 0.15) is 6.61 Å². The van der Waals surface area contributed by atoms with Gasteiger partial charge in [-0.2, -0.15) is 0 Å². The molecule has 1 N–H and O–H groups in total. The van der Waals surface area contributed by atoms with Gasteiger partial charge in [-0.25, -0.2) is 4.98 Å². The molecule has 0 bridgehead atoms. The molecule has 0 aliphatic carbocycles. The van der Waals surface area contributed by atoms with E-state index in [2.05, 4.69) is 20.2 Å². The number of hydrogen-bond acceptors (Lipinski definition) is 6. The van der Waals surface area contributed by atoms with Crippen molar-refractivity contribution in [3.63, 3.8) is 0 Å². The summed E-state index contributed by atoms with van der Waals surface area (Å²) in [5, 5.41) is 2.85. The summed E-state index contributed by atoms with van der Waals surface area (Å²) in [6, 6.07) is 5.30. The predicted octanol–water partition coefficient (Wildman–Crippen LogP) is 0.532. The lowest BCUT2D eigenvalue weighted by Gasteiger charge is -2.35. The number of ether oxygens (including phenoxy) is 1. The van der Waals surface area contributed by atoms with Crippen LogP contribution >= 0.6 is 0 Å². The number of piperidine rings is 1. The maximum atomic E-state index is 12.5. The van der Waals surface area contributed by atoms with Gasteiger partial charge in [-0.3, -0.25) is 19.1 Å². The number of hydrogen-bond donors (Lipinski definition) is 1. The summed E-state index contributed by atoms with van der Waals surface area (Å²) in [5.41, 5.74) is 1.56. The molecule has 28 heavy (non-hydrogen) atoms. The molecule has 0 saturated carbocycles. The first-order valence-corrected chi connectivity index (χ1v) is 9.75. The molecule has 1 amide bonds. The van der Waals surface area contributed by atoms with Gasteiger partial charge in [-0.05, 0) is 44.0 Å². The highest BCUT2D eigenvalue weighted by Gasteiger charge is 2.25. The number of carbonyl (C=O) groups is 1. The second-order valence-corrected chi connectivity index (χ2v) is 7.48. The summed E-state index contributed by atoms with van der Waals surface area (Å²) in [7, 11) is 0. The van der Waals surface area contributed by atoms with E-state index in [1.807, 2.05) is 12.1 Å². The van der Waals surface area contributed by atoms with Gasteiger partial charge < -0.3 is 15.0 Å². The van der Waals surface area contributed by atoms with Gasteiger partial charge in [0.05, 0.1) is 18.1 Å². The summed E-state index contributed by atoms with van der Waals surface area (Å²) >= 11 is 0. The molecule has 2 aromatic heterocycles. The van der Waals surface area contributed by atoms with Crippen molar-refractivity contribution in [1.82, 2.24) is 24.8 Å².